The van der Waals surface area contributed by atoms with Gasteiger partial charge in [0.15, 0.2) is 0 Å². The van der Waals surface area contributed by atoms with Crippen LogP contribution in [0.1, 0.15) is 22.8 Å². The van der Waals surface area contributed by atoms with Gasteiger partial charge in [0.05, 0.1) is 22.8 Å². The second-order valence-corrected chi connectivity index (χ2v) is 14.9. The van der Waals surface area contributed by atoms with E-state index in [9.17, 15) is 0 Å². The van der Waals surface area contributed by atoms with Crippen LogP contribution in [0.25, 0.3) is 90.9 Å². The minimum absolute atomic E-state index is 0.194. The first-order chi connectivity index (χ1) is 26.8. The molecule has 7 aromatic rings. The number of nitrogens with one attached hydrogen (secondary N) is 2. The molecule has 0 saturated heterocycles. The molecule has 11 heteroatoms. The van der Waals surface area contributed by atoms with Crippen LogP contribution in [0.4, 0.5) is 22.7 Å². The fraction of sp³-hybridized carbons (Fsp3) is 0. The number of anilines is 4. The molecular weight excluding hydrogens is 767 g/mol. The van der Waals surface area contributed by atoms with E-state index in [1.807, 2.05) is 97.1 Å². The third-order valence-corrected chi connectivity index (χ3v) is 9.55. The molecule has 272 valence electrons. The molecular formula is C44H34Cl2FeN8. The Hall–Kier alpha value is -6.22. The number of fused-ring (bicyclic) bond motifs is 8. The van der Waals surface area contributed by atoms with Crippen molar-refractivity contribution in [3.8, 4) is 44.5 Å². The quantitative estimate of drug-likeness (QED) is 0.0767. The topological polar surface area (TPSA) is 161 Å². The third kappa shape index (κ3) is 7.22. The molecule has 9 rings (SSSR count). The minimum atomic E-state index is 0.194. The first-order valence-electron chi connectivity index (χ1n) is 17.2. The van der Waals surface area contributed by atoms with Crippen molar-refractivity contribution in [2.24, 2.45) is 0 Å². The summed E-state index contributed by atoms with van der Waals surface area (Å²) in [7, 11) is 9.53. The van der Waals surface area contributed by atoms with Crippen LogP contribution in [0, 0.1) is 0 Å². The van der Waals surface area contributed by atoms with Gasteiger partial charge >= 0.3 is 33.3 Å². The third-order valence-electron chi connectivity index (χ3n) is 9.55. The molecule has 0 saturated carbocycles. The van der Waals surface area contributed by atoms with E-state index in [2.05, 4.69) is 58.5 Å². The normalized spacial score (nSPS) is 11.7. The summed E-state index contributed by atoms with van der Waals surface area (Å²) in [4.78, 5) is 18.2. The Kier molecular flexibility index (Phi) is 9.93. The number of nitrogen functional groups attached to an aromatic ring is 4. The number of hydrogen-bond donors (Lipinski definition) is 6. The molecule has 8 bridgehead atoms. The monoisotopic (exact) mass is 800 g/mol. The number of nitrogens with zero attached hydrogens (tertiary/aromatic N) is 2. The summed E-state index contributed by atoms with van der Waals surface area (Å²) in [6.45, 7) is 0. The molecule has 0 fully saturated rings. The molecule has 0 amide bonds. The summed E-state index contributed by atoms with van der Waals surface area (Å²) >= 11 is 0.194. The zero-order chi connectivity index (χ0) is 38.1. The summed E-state index contributed by atoms with van der Waals surface area (Å²) < 4.78 is 0. The zero-order valence-corrected chi connectivity index (χ0v) is 31.8. The molecule has 4 aromatic carbocycles. The predicted octanol–water partition coefficient (Wildman–Crippen LogP) is 11.0. The van der Waals surface area contributed by atoms with E-state index < -0.39 is 0 Å². The summed E-state index contributed by atoms with van der Waals surface area (Å²) in [5.41, 5.74) is 41.9. The van der Waals surface area contributed by atoms with E-state index in [4.69, 9.17) is 53.1 Å². The van der Waals surface area contributed by atoms with Gasteiger partial charge < -0.3 is 32.9 Å². The van der Waals surface area contributed by atoms with E-state index >= 15 is 0 Å². The van der Waals surface area contributed by atoms with Crippen LogP contribution in [0.15, 0.2) is 121 Å². The fourth-order valence-electron chi connectivity index (χ4n) is 7.02. The van der Waals surface area contributed by atoms with Gasteiger partial charge in [-0.15, -0.1) is 0 Å². The molecule has 8 nitrogen and oxygen atoms in total. The molecule has 2 aliphatic heterocycles. The maximum absolute atomic E-state index is 6.15. The van der Waals surface area contributed by atoms with E-state index in [-0.39, 0.29) is 13.1 Å². The van der Waals surface area contributed by atoms with Crippen LogP contribution in [-0.2, 0) is 13.1 Å². The molecule has 0 aliphatic carbocycles. The van der Waals surface area contributed by atoms with Crippen molar-refractivity contribution >= 4 is 89.3 Å². The van der Waals surface area contributed by atoms with Gasteiger partial charge in [-0.2, -0.15) is 0 Å². The molecule has 2 aliphatic rings. The number of hydrogen-bond acceptors (Lipinski definition) is 6. The number of nitrogens with two attached hydrogens (primary N) is 4. The summed E-state index contributed by atoms with van der Waals surface area (Å²) in [5, 5.41) is 0. The van der Waals surface area contributed by atoms with E-state index in [1.165, 1.54) is 0 Å². The Morgan fingerprint density at radius 2 is 0.545 bits per heavy atom. The Labute approximate surface area is 332 Å². The second kappa shape index (κ2) is 15.3. The SMILES string of the molecule is Nc1ccc(-c2c3nc(c(-c4ccc(N)cc4)c4ccc([nH]4)c(-c4ccc(N)cc4)c4nc(c(-c5ccc(N)cc5)c5ccc2[nH]5)C=C4)C=C3)cc1.[Cl][Fe][Cl]. The molecule has 5 heterocycles. The maximum atomic E-state index is 6.15. The average Bonchev–Trinajstić information content (AvgIpc) is 4.03. The van der Waals surface area contributed by atoms with Crippen LogP contribution < -0.4 is 22.9 Å². The van der Waals surface area contributed by atoms with Crippen molar-refractivity contribution in [3.63, 3.8) is 0 Å². The second-order valence-electron chi connectivity index (χ2n) is 13.0. The number of rotatable bonds is 4. The Morgan fingerprint density at radius 3 is 0.745 bits per heavy atom. The van der Waals surface area contributed by atoms with Gasteiger partial charge in [0.1, 0.15) is 0 Å². The molecule has 0 atom stereocenters. The van der Waals surface area contributed by atoms with E-state index in [1.54, 1.807) is 0 Å². The molecule has 0 radical (unpaired) electrons. The average molecular weight is 802 g/mol. The first kappa shape index (κ1) is 35.8. The predicted molar refractivity (Wildman–Crippen MR) is 230 cm³/mol. The molecule has 55 heavy (non-hydrogen) atoms. The van der Waals surface area contributed by atoms with Crippen molar-refractivity contribution < 1.29 is 13.1 Å². The number of aromatic amines is 2. The first-order valence-corrected chi connectivity index (χ1v) is 20.3. The van der Waals surface area contributed by atoms with Gasteiger partial charge in [-0.05, 0) is 119 Å². The van der Waals surface area contributed by atoms with E-state index in [0.29, 0.717) is 22.7 Å². The van der Waals surface area contributed by atoms with Gasteiger partial charge in [0, 0.05) is 67.1 Å². The van der Waals surface area contributed by atoms with Gasteiger partial charge in [-0.1, -0.05) is 48.5 Å². The number of aromatic nitrogens is 4. The standard InChI is InChI=1S/C44H34N8.2ClH.Fe/c45-29-9-1-25(2-10-29)41-33-17-19-35(49-33)42(26-3-11-30(46)12-4-26)37-21-23-39(51-37)44(28-7-15-32(48)16-8-28)40-24-22-38(52-40)43(36-20-18-34(41)50-36)27-5-13-31(47)14-6-27;;;/h1-24,49,52H,45-48H2;2*1H;/q;;;+2/p-2. The van der Waals surface area contributed by atoms with Crippen LogP contribution in [0.2, 0.25) is 0 Å². The van der Waals surface area contributed by atoms with Gasteiger partial charge in [0.2, 0.25) is 0 Å². The van der Waals surface area contributed by atoms with Crippen molar-refractivity contribution in [3.05, 3.63) is 144 Å². The zero-order valence-electron chi connectivity index (χ0n) is 29.2. The number of halogens is 2. The van der Waals surface area contributed by atoms with Gasteiger partial charge in [-0.3, -0.25) is 0 Å². The van der Waals surface area contributed by atoms with Gasteiger partial charge in [-0.25, -0.2) is 9.97 Å². The molecule has 10 N–H and O–H groups in total. The summed E-state index contributed by atoms with van der Waals surface area (Å²) in [6.07, 6.45) is 8.29. The van der Waals surface area contributed by atoms with Crippen LogP contribution in [-0.4, -0.2) is 19.9 Å². The number of benzene rings is 4. The fourth-order valence-corrected chi connectivity index (χ4v) is 7.02. The van der Waals surface area contributed by atoms with Crippen molar-refractivity contribution in [1.82, 2.24) is 19.9 Å². The summed E-state index contributed by atoms with van der Waals surface area (Å²) in [6, 6.07) is 40.0. The Balaban J connectivity index is 0.00000138. The number of H-pyrrole nitrogens is 2. The van der Waals surface area contributed by atoms with Gasteiger partial charge in [0.25, 0.3) is 0 Å². The Bertz CT molecular complexity index is 2400. The van der Waals surface area contributed by atoms with Crippen molar-refractivity contribution in [2.45, 2.75) is 0 Å². The van der Waals surface area contributed by atoms with Crippen molar-refractivity contribution in [1.29, 1.82) is 0 Å². The van der Waals surface area contributed by atoms with Crippen LogP contribution >= 0.6 is 20.2 Å². The van der Waals surface area contributed by atoms with E-state index in [0.717, 1.165) is 89.4 Å². The van der Waals surface area contributed by atoms with Crippen LogP contribution in [0.3, 0.4) is 0 Å². The molecule has 3 aromatic heterocycles. The van der Waals surface area contributed by atoms with Crippen LogP contribution in [0.5, 0.6) is 0 Å². The Morgan fingerprint density at radius 1 is 0.345 bits per heavy atom. The molecule has 0 unspecified atom stereocenters. The molecule has 0 spiro atoms. The summed E-state index contributed by atoms with van der Waals surface area (Å²) in [5.74, 6) is 0. The van der Waals surface area contributed by atoms with Crippen molar-refractivity contribution in [2.75, 3.05) is 22.9 Å².